The number of halogens is 1. The van der Waals surface area contributed by atoms with Gasteiger partial charge in [0.05, 0.1) is 24.1 Å². The molecule has 8 heteroatoms. The fraction of sp³-hybridized carbons (Fsp3) is 0.154. The van der Waals surface area contributed by atoms with Crippen LogP contribution in [0.3, 0.4) is 0 Å². The summed E-state index contributed by atoms with van der Waals surface area (Å²) in [5.41, 5.74) is 0.634. The van der Waals surface area contributed by atoms with Crippen molar-refractivity contribution in [2.24, 2.45) is 0 Å². The highest BCUT2D eigenvalue weighted by Gasteiger charge is 2.13. The van der Waals surface area contributed by atoms with E-state index in [0.29, 0.717) is 17.0 Å². The topological polar surface area (TPSA) is 94.6 Å². The molecule has 2 aromatic rings. The van der Waals surface area contributed by atoms with Crippen LogP contribution in [0.15, 0.2) is 34.9 Å². The molecule has 0 atom stereocenters. The number of furan rings is 1. The molecule has 0 spiro atoms. The number of nitro benzene ring substituents is 1. The van der Waals surface area contributed by atoms with Gasteiger partial charge < -0.3 is 14.5 Å². The van der Waals surface area contributed by atoms with Gasteiger partial charge >= 0.3 is 5.97 Å². The predicted octanol–water partition coefficient (Wildman–Crippen LogP) is 3.24. The van der Waals surface area contributed by atoms with Crippen LogP contribution < -0.4 is 5.32 Å². The quantitative estimate of drug-likeness (QED) is 0.517. The van der Waals surface area contributed by atoms with Gasteiger partial charge in [-0.25, -0.2) is 4.79 Å². The molecule has 110 valence electrons. The molecule has 0 fully saturated rings. The van der Waals surface area contributed by atoms with Gasteiger partial charge in [0.15, 0.2) is 0 Å². The number of nitro groups is 1. The fourth-order valence-electron chi connectivity index (χ4n) is 1.65. The summed E-state index contributed by atoms with van der Waals surface area (Å²) in [6.07, 6.45) is 1.28. The summed E-state index contributed by atoms with van der Waals surface area (Å²) in [7, 11) is 1.28. The molecular weight excluding hydrogens is 300 g/mol. The molecule has 1 heterocycles. The molecule has 0 saturated carbocycles. The third-order valence-electron chi connectivity index (χ3n) is 2.68. The lowest BCUT2D eigenvalue weighted by Gasteiger charge is -2.04. The minimum atomic E-state index is -0.560. The SMILES string of the molecule is COC(=O)c1coc(CNc2ccc(Cl)c([N+](=O)[O-])c2)c1. The average Bonchev–Trinajstić information content (AvgIpc) is 2.94. The van der Waals surface area contributed by atoms with Crippen LogP contribution in [-0.2, 0) is 11.3 Å². The van der Waals surface area contributed by atoms with Crippen LogP contribution in [0.1, 0.15) is 16.1 Å². The summed E-state index contributed by atoms with van der Waals surface area (Å²) in [4.78, 5) is 21.5. The smallest absolute Gasteiger partial charge is 0.341 e. The molecule has 0 aliphatic heterocycles. The van der Waals surface area contributed by atoms with Crippen molar-refractivity contribution < 1.29 is 18.9 Å². The Hall–Kier alpha value is -2.54. The Balaban J connectivity index is 2.06. The zero-order valence-corrected chi connectivity index (χ0v) is 11.7. The van der Waals surface area contributed by atoms with Crippen molar-refractivity contribution in [3.63, 3.8) is 0 Å². The van der Waals surface area contributed by atoms with Crippen molar-refractivity contribution in [3.8, 4) is 0 Å². The molecule has 1 aromatic carbocycles. The lowest BCUT2D eigenvalue weighted by atomic mass is 10.2. The van der Waals surface area contributed by atoms with E-state index in [1.54, 1.807) is 6.07 Å². The van der Waals surface area contributed by atoms with Gasteiger partial charge in [-0.05, 0) is 18.2 Å². The molecule has 7 nitrogen and oxygen atoms in total. The Morgan fingerprint density at radius 1 is 1.48 bits per heavy atom. The van der Waals surface area contributed by atoms with Gasteiger partial charge in [0.25, 0.3) is 5.69 Å². The van der Waals surface area contributed by atoms with Gasteiger partial charge in [-0.3, -0.25) is 10.1 Å². The first kappa shape index (κ1) is 14.9. The second-order valence-electron chi connectivity index (χ2n) is 4.07. The Kier molecular flexibility index (Phi) is 4.44. The van der Waals surface area contributed by atoms with Gasteiger partial charge in [0.2, 0.25) is 0 Å². The van der Waals surface area contributed by atoms with Crippen molar-refractivity contribution in [2.75, 3.05) is 12.4 Å². The number of rotatable bonds is 5. The summed E-state index contributed by atoms with van der Waals surface area (Å²) in [6.45, 7) is 0.260. The van der Waals surface area contributed by atoms with E-state index >= 15 is 0 Å². The van der Waals surface area contributed by atoms with Crippen molar-refractivity contribution in [2.45, 2.75) is 6.54 Å². The van der Waals surface area contributed by atoms with Crippen molar-refractivity contribution >= 4 is 28.9 Å². The lowest BCUT2D eigenvalue weighted by Crippen LogP contribution is -2.00. The van der Waals surface area contributed by atoms with E-state index in [9.17, 15) is 14.9 Å². The highest BCUT2D eigenvalue weighted by Crippen LogP contribution is 2.27. The summed E-state index contributed by atoms with van der Waals surface area (Å²) in [5, 5.41) is 13.8. The first-order valence-corrected chi connectivity index (χ1v) is 6.22. The van der Waals surface area contributed by atoms with Crippen LogP contribution in [0, 0.1) is 10.1 Å². The molecule has 1 N–H and O–H groups in total. The zero-order chi connectivity index (χ0) is 15.4. The van der Waals surface area contributed by atoms with Crippen LogP contribution >= 0.6 is 11.6 Å². The largest absolute Gasteiger partial charge is 0.467 e. The molecule has 0 radical (unpaired) electrons. The highest BCUT2D eigenvalue weighted by molar-refractivity contribution is 6.32. The zero-order valence-electron chi connectivity index (χ0n) is 11.0. The van der Waals surface area contributed by atoms with E-state index in [4.69, 9.17) is 16.0 Å². The molecule has 0 unspecified atom stereocenters. The van der Waals surface area contributed by atoms with E-state index in [2.05, 4.69) is 10.1 Å². The standard InChI is InChI=1S/C13H11ClN2O5/c1-20-13(17)8-4-10(21-7-8)6-15-9-2-3-11(14)12(5-9)16(18)19/h2-5,7,15H,6H2,1H3. The molecule has 1 aromatic heterocycles. The van der Waals surface area contributed by atoms with Gasteiger partial charge in [-0.2, -0.15) is 0 Å². The van der Waals surface area contributed by atoms with E-state index in [1.165, 1.54) is 31.6 Å². The fourth-order valence-corrected chi connectivity index (χ4v) is 1.84. The summed E-state index contributed by atoms with van der Waals surface area (Å²) in [6, 6.07) is 5.90. The number of methoxy groups -OCH3 is 1. The number of carbonyl (C=O) groups excluding carboxylic acids is 1. The molecule has 0 amide bonds. The third-order valence-corrected chi connectivity index (χ3v) is 3.00. The van der Waals surface area contributed by atoms with E-state index < -0.39 is 10.9 Å². The number of nitrogens with one attached hydrogen (secondary N) is 1. The van der Waals surface area contributed by atoms with E-state index in [1.807, 2.05) is 0 Å². The second kappa shape index (κ2) is 6.27. The number of hydrogen-bond acceptors (Lipinski definition) is 6. The minimum absolute atomic E-state index is 0.0662. The number of esters is 1. The van der Waals surface area contributed by atoms with E-state index in [0.717, 1.165) is 0 Å². The Bertz CT molecular complexity index is 683. The van der Waals surface area contributed by atoms with Gasteiger partial charge in [-0.1, -0.05) is 11.6 Å². The van der Waals surface area contributed by atoms with Gasteiger partial charge in [0, 0.05) is 11.8 Å². The van der Waals surface area contributed by atoms with E-state index in [-0.39, 0.29) is 17.3 Å². The molecule has 0 saturated heterocycles. The Morgan fingerprint density at radius 2 is 2.24 bits per heavy atom. The maximum Gasteiger partial charge on any atom is 0.341 e. The monoisotopic (exact) mass is 310 g/mol. The van der Waals surface area contributed by atoms with Gasteiger partial charge in [0.1, 0.15) is 17.0 Å². The minimum Gasteiger partial charge on any atom is -0.467 e. The second-order valence-corrected chi connectivity index (χ2v) is 4.48. The highest BCUT2D eigenvalue weighted by atomic mass is 35.5. The number of anilines is 1. The van der Waals surface area contributed by atoms with Crippen LogP contribution in [0.2, 0.25) is 5.02 Å². The molecular formula is C13H11ClN2O5. The molecule has 0 bridgehead atoms. The first-order chi connectivity index (χ1) is 10.0. The summed E-state index contributed by atoms with van der Waals surface area (Å²) < 4.78 is 9.75. The van der Waals surface area contributed by atoms with Crippen LogP contribution in [-0.4, -0.2) is 18.0 Å². The number of nitrogens with zero attached hydrogens (tertiary/aromatic N) is 1. The molecule has 2 rings (SSSR count). The average molecular weight is 311 g/mol. The number of benzene rings is 1. The predicted molar refractivity (Wildman–Crippen MR) is 75.5 cm³/mol. The molecule has 0 aliphatic rings. The lowest BCUT2D eigenvalue weighted by molar-refractivity contribution is -0.384. The van der Waals surface area contributed by atoms with Crippen LogP contribution in [0.25, 0.3) is 0 Å². The van der Waals surface area contributed by atoms with Crippen LogP contribution in [0.5, 0.6) is 0 Å². The summed E-state index contributed by atoms with van der Waals surface area (Å²) in [5.74, 6) is 0.000124. The van der Waals surface area contributed by atoms with Crippen LogP contribution in [0.4, 0.5) is 11.4 Å². The Morgan fingerprint density at radius 3 is 2.90 bits per heavy atom. The van der Waals surface area contributed by atoms with Crippen molar-refractivity contribution in [1.29, 1.82) is 0 Å². The normalized spacial score (nSPS) is 10.2. The van der Waals surface area contributed by atoms with Crippen molar-refractivity contribution in [1.82, 2.24) is 0 Å². The maximum atomic E-state index is 11.3. The number of hydrogen-bond donors (Lipinski definition) is 1. The summed E-state index contributed by atoms with van der Waals surface area (Å²) >= 11 is 5.72. The maximum absolute atomic E-state index is 11.3. The molecule has 0 aliphatic carbocycles. The molecule has 21 heavy (non-hydrogen) atoms. The third kappa shape index (κ3) is 3.51. The van der Waals surface area contributed by atoms with Crippen molar-refractivity contribution in [3.05, 3.63) is 57.0 Å². The first-order valence-electron chi connectivity index (χ1n) is 5.85. The Labute approximate surface area is 124 Å². The number of ether oxygens (including phenoxy) is 1. The van der Waals surface area contributed by atoms with Gasteiger partial charge in [-0.15, -0.1) is 0 Å². The number of carbonyl (C=O) groups is 1.